The second-order valence-corrected chi connectivity index (χ2v) is 5.45. The first-order valence-electron chi connectivity index (χ1n) is 7.74. The minimum atomic E-state index is -4.54. The van der Waals surface area contributed by atoms with E-state index in [2.05, 4.69) is 10.1 Å². The van der Waals surface area contributed by atoms with Crippen LogP contribution in [-0.2, 0) is 4.79 Å². The fourth-order valence-electron chi connectivity index (χ4n) is 2.04. The van der Waals surface area contributed by atoms with Crippen molar-refractivity contribution in [2.75, 3.05) is 18.5 Å². The lowest BCUT2D eigenvalue weighted by Gasteiger charge is -2.12. The van der Waals surface area contributed by atoms with Crippen LogP contribution >= 0.6 is 0 Å². The Kier molecular flexibility index (Phi) is 6.44. The molecular formula is C18H14F3N3O4. The SMILES string of the molecule is N#Cc1cc(NC(=O)COc2ccc(C(N)=O)cc2)ccc1OCC(F)(F)F. The van der Waals surface area contributed by atoms with E-state index in [1.165, 1.54) is 36.4 Å². The second kappa shape index (κ2) is 8.77. The highest BCUT2D eigenvalue weighted by atomic mass is 19.4. The monoisotopic (exact) mass is 393 g/mol. The molecule has 2 aromatic rings. The summed E-state index contributed by atoms with van der Waals surface area (Å²) in [6, 6.07) is 11.2. The zero-order valence-corrected chi connectivity index (χ0v) is 14.2. The molecule has 0 aromatic heterocycles. The smallest absolute Gasteiger partial charge is 0.422 e. The molecule has 0 saturated carbocycles. The largest absolute Gasteiger partial charge is 0.484 e. The van der Waals surface area contributed by atoms with E-state index in [1.807, 2.05) is 0 Å². The fourth-order valence-corrected chi connectivity index (χ4v) is 2.04. The molecule has 0 aliphatic carbocycles. The molecule has 2 aromatic carbocycles. The van der Waals surface area contributed by atoms with E-state index in [0.29, 0.717) is 5.75 Å². The third-order valence-electron chi connectivity index (χ3n) is 3.28. The van der Waals surface area contributed by atoms with Gasteiger partial charge in [-0.25, -0.2) is 0 Å². The Morgan fingerprint density at radius 1 is 1.11 bits per heavy atom. The molecule has 10 heteroatoms. The number of rotatable bonds is 7. The number of carbonyl (C=O) groups excluding carboxylic acids is 2. The summed E-state index contributed by atoms with van der Waals surface area (Å²) in [5, 5.41) is 11.5. The lowest BCUT2D eigenvalue weighted by molar-refractivity contribution is -0.153. The zero-order valence-electron chi connectivity index (χ0n) is 14.2. The van der Waals surface area contributed by atoms with Gasteiger partial charge < -0.3 is 20.5 Å². The van der Waals surface area contributed by atoms with Crippen molar-refractivity contribution >= 4 is 17.5 Å². The lowest BCUT2D eigenvalue weighted by Crippen LogP contribution is -2.21. The standard InChI is InChI=1S/C18H14F3N3O4/c19-18(20,21)10-28-15-6-3-13(7-12(15)8-22)24-16(25)9-27-14-4-1-11(2-5-14)17(23)26/h1-7H,9-10H2,(H2,23,26)(H,24,25). The predicted molar refractivity (Wildman–Crippen MR) is 91.8 cm³/mol. The number of nitrogens with zero attached hydrogens (tertiary/aromatic N) is 1. The van der Waals surface area contributed by atoms with Crippen molar-refractivity contribution in [3.63, 3.8) is 0 Å². The predicted octanol–water partition coefficient (Wildman–Crippen LogP) is 2.62. The number of nitrogens with one attached hydrogen (secondary N) is 1. The number of ether oxygens (including phenoxy) is 2. The number of nitrogens with two attached hydrogens (primary N) is 1. The van der Waals surface area contributed by atoms with Gasteiger partial charge in [0.05, 0.1) is 5.56 Å². The molecule has 0 bridgehead atoms. The van der Waals surface area contributed by atoms with Crippen LogP contribution in [-0.4, -0.2) is 31.2 Å². The highest BCUT2D eigenvalue weighted by Crippen LogP contribution is 2.25. The highest BCUT2D eigenvalue weighted by Gasteiger charge is 2.28. The molecule has 0 unspecified atom stereocenters. The third kappa shape index (κ3) is 6.21. The van der Waals surface area contributed by atoms with Crippen LogP contribution < -0.4 is 20.5 Å². The Balaban J connectivity index is 1.94. The molecule has 3 N–H and O–H groups in total. The number of halogens is 3. The van der Waals surface area contributed by atoms with Gasteiger partial charge in [-0.3, -0.25) is 9.59 Å². The molecule has 7 nitrogen and oxygen atoms in total. The van der Waals surface area contributed by atoms with Crippen LogP contribution in [0.5, 0.6) is 11.5 Å². The summed E-state index contributed by atoms with van der Waals surface area (Å²) in [6.45, 7) is -1.90. The Bertz CT molecular complexity index is 906. The summed E-state index contributed by atoms with van der Waals surface area (Å²) in [7, 11) is 0. The van der Waals surface area contributed by atoms with Crippen molar-refractivity contribution in [2.24, 2.45) is 5.73 Å². The average molecular weight is 393 g/mol. The molecule has 0 fully saturated rings. The maximum Gasteiger partial charge on any atom is 0.422 e. The van der Waals surface area contributed by atoms with Crippen LogP contribution in [0.25, 0.3) is 0 Å². The molecule has 2 rings (SSSR count). The zero-order chi connectivity index (χ0) is 20.7. The first-order valence-corrected chi connectivity index (χ1v) is 7.74. The number of amides is 2. The Morgan fingerprint density at radius 3 is 2.36 bits per heavy atom. The van der Waals surface area contributed by atoms with E-state index in [4.69, 9.17) is 15.7 Å². The van der Waals surface area contributed by atoms with Crippen LogP contribution in [0.3, 0.4) is 0 Å². The van der Waals surface area contributed by atoms with Crippen molar-refractivity contribution < 1.29 is 32.2 Å². The van der Waals surface area contributed by atoms with Gasteiger partial charge in [0.2, 0.25) is 5.91 Å². The molecule has 0 atom stereocenters. The summed E-state index contributed by atoms with van der Waals surface area (Å²) in [5.74, 6) is -1.08. The van der Waals surface area contributed by atoms with Crippen molar-refractivity contribution in [3.05, 3.63) is 53.6 Å². The lowest BCUT2D eigenvalue weighted by atomic mass is 10.2. The number of anilines is 1. The second-order valence-electron chi connectivity index (χ2n) is 5.45. The topological polar surface area (TPSA) is 114 Å². The third-order valence-corrected chi connectivity index (χ3v) is 3.28. The number of carbonyl (C=O) groups is 2. The first-order chi connectivity index (χ1) is 13.2. The van der Waals surface area contributed by atoms with Crippen LogP contribution in [0.15, 0.2) is 42.5 Å². The number of nitriles is 1. The Hall–Kier alpha value is -3.74. The van der Waals surface area contributed by atoms with Crippen molar-refractivity contribution in [3.8, 4) is 17.6 Å². The van der Waals surface area contributed by atoms with Gasteiger partial charge in [0.1, 0.15) is 17.6 Å². The quantitative estimate of drug-likeness (QED) is 0.751. The minimum Gasteiger partial charge on any atom is -0.484 e. The number of hydrogen-bond acceptors (Lipinski definition) is 5. The van der Waals surface area contributed by atoms with Crippen LogP contribution in [0.2, 0.25) is 0 Å². The molecule has 146 valence electrons. The number of benzene rings is 2. The molecule has 0 aliphatic heterocycles. The molecule has 0 saturated heterocycles. The first kappa shape index (κ1) is 20.6. The molecule has 0 aliphatic rings. The Morgan fingerprint density at radius 2 is 1.79 bits per heavy atom. The minimum absolute atomic E-state index is 0.162. The summed E-state index contributed by atoms with van der Waals surface area (Å²) in [6.07, 6.45) is -4.54. The van der Waals surface area contributed by atoms with E-state index in [0.717, 1.165) is 6.07 Å². The van der Waals surface area contributed by atoms with Crippen LogP contribution in [0, 0.1) is 11.3 Å². The van der Waals surface area contributed by atoms with E-state index >= 15 is 0 Å². The van der Waals surface area contributed by atoms with Gasteiger partial charge in [-0.1, -0.05) is 0 Å². The van der Waals surface area contributed by atoms with Crippen LogP contribution in [0.4, 0.5) is 18.9 Å². The fraction of sp³-hybridized carbons (Fsp3) is 0.167. The van der Waals surface area contributed by atoms with Gasteiger partial charge in [-0.2, -0.15) is 18.4 Å². The molecule has 2 amide bonds. The highest BCUT2D eigenvalue weighted by molar-refractivity contribution is 5.93. The van der Waals surface area contributed by atoms with Gasteiger partial charge in [-0.05, 0) is 42.5 Å². The van der Waals surface area contributed by atoms with Gasteiger partial charge in [0.15, 0.2) is 13.2 Å². The molecular weight excluding hydrogens is 379 g/mol. The molecule has 0 spiro atoms. The van der Waals surface area contributed by atoms with Crippen molar-refractivity contribution in [1.29, 1.82) is 5.26 Å². The molecule has 0 radical (unpaired) electrons. The number of hydrogen-bond donors (Lipinski definition) is 2. The average Bonchev–Trinajstić information content (AvgIpc) is 2.64. The summed E-state index contributed by atoms with van der Waals surface area (Å²) >= 11 is 0. The number of primary amides is 1. The maximum atomic E-state index is 12.2. The molecule has 0 heterocycles. The van der Waals surface area contributed by atoms with Gasteiger partial charge in [-0.15, -0.1) is 0 Å². The molecule has 28 heavy (non-hydrogen) atoms. The van der Waals surface area contributed by atoms with Gasteiger partial charge >= 0.3 is 6.18 Å². The van der Waals surface area contributed by atoms with E-state index in [1.54, 1.807) is 6.07 Å². The van der Waals surface area contributed by atoms with Gasteiger partial charge in [0, 0.05) is 11.3 Å². The van der Waals surface area contributed by atoms with Crippen molar-refractivity contribution in [1.82, 2.24) is 0 Å². The van der Waals surface area contributed by atoms with Crippen molar-refractivity contribution in [2.45, 2.75) is 6.18 Å². The van der Waals surface area contributed by atoms with E-state index in [-0.39, 0.29) is 29.2 Å². The summed E-state index contributed by atoms with van der Waals surface area (Å²) in [5.41, 5.74) is 5.43. The normalized spacial score (nSPS) is 10.6. The van der Waals surface area contributed by atoms with E-state index < -0.39 is 24.6 Å². The van der Waals surface area contributed by atoms with Gasteiger partial charge in [0.25, 0.3) is 5.91 Å². The Labute approximate surface area is 157 Å². The summed E-state index contributed by atoms with van der Waals surface area (Å²) in [4.78, 5) is 22.9. The van der Waals surface area contributed by atoms with Crippen LogP contribution in [0.1, 0.15) is 15.9 Å². The van der Waals surface area contributed by atoms with E-state index in [9.17, 15) is 22.8 Å². The number of alkyl halides is 3. The maximum absolute atomic E-state index is 12.2. The summed E-state index contributed by atoms with van der Waals surface area (Å²) < 4.78 is 46.5.